The zero-order valence-electron chi connectivity index (χ0n) is 12.8. The fourth-order valence-electron chi connectivity index (χ4n) is 2.41. The third-order valence-electron chi connectivity index (χ3n) is 3.74. The maximum atomic E-state index is 13.1. The molecular formula is C17H17FN2O3. The van der Waals surface area contributed by atoms with Crippen LogP contribution < -0.4 is 5.43 Å². The highest BCUT2D eigenvalue weighted by molar-refractivity contribution is 5.90. The fraction of sp³-hybridized carbons (Fsp3) is 0.353. The summed E-state index contributed by atoms with van der Waals surface area (Å²) in [6.45, 7) is 2.62. The van der Waals surface area contributed by atoms with E-state index in [2.05, 4.69) is 4.98 Å². The number of carbonyl (C=O) groups is 1. The van der Waals surface area contributed by atoms with Crippen molar-refractivity contribution in [1.82, 2.24) is 9.55 Å². The van der Waals surface area contributed by atoms with Crippen molar-refractivity contribution < 1.29 is 13.9 Å². The second-order valence-electron chi connectivity index (χ2n) is 5.64. The molecule has 0 radical (unpaired) electrons. The lowest BCUT2D eigenvalue weighted by Gasteiger charge is -2.11. The number of hydrogen-bond donors (Lipinski definition) is 0. The van der Waals surface area contributed by atoms with E-state index in [-0.39, 0.29) is 17.7 Å². The van der Waals surface area contributed by atoms with Crippen LogP contribution in [0.25, 0.3) is 11.3 Å². The molecule has 120 valence electrons. The van der Waals surface area contributed by atoms with Gasteiger partial charge in [0, 0.05) is 18.9 Å². The third-order valence-corrected chi connectivity index (χ3v) is 3.74. The number of nitrogens with zero attached hydrogens (tertiary/aromatic N) is 2. The summed E-state index contributed by atoms with van der Waals surface area (Å²) in [6.07, 6.45) is 6.54. The summed E-state index contributed by atoms with van der Waals surface area (Å²) in [5.74, 6) is -0.554. The summed E-state index contributed by atoms with van der Waals surface area (Å²) < 4.78 is 19.8. The first-order valence-electron chi connectivity index (χ1n) is 7.61. The Labute approximate surface area is 132 Å². The Kier molecular flexibility index (Phi) is 4.23. The highest BCUT2D eigenvalue weighted by Gasteiger charge is 2.23. The lowest BCUT2D eigenvalue weighted by atomic mass is 10.1. The zero-order chi connectivity index (χ0) is 16.4. The Hall–Kier alpha value is -2.50. The van der Waals surface area contributed by atoms with E-state index < -0.39 is 17.2 Å². The molecule has 3 rings (SSSR count). The van der Waals surface area contributed by atoms with Crippen LogP contribution >= 0.6 is 0 Å². The Morgan fingerprint density at radius 3 is 2.78 bits per heavy atom. The van der Waals surface area contributed by atoms with Gasteiger partial charge in [-0.05, 0) is 37.8 Å². The number of aromatic nitrogens is 2. The lowest BCUT2D eigenvalue weighted by molar-refractivity contribution is 0.0524. The first-order valence-corrected chi connectivity index (χ1v) is 7.61. The van der Waals surface area contributed by atoms with Crippen molar-refractivity contribution in [3.05, 3.63) is 52.3 Å². The molecule has 2 aromatic heterocycles. The van der Waals surface area contributed by atoms with Crippen LogP contribution in [0.15, 0.2) is 35.5 Å². The third kappa shape index (κ3) is 3.47. The number of halogens is 1. The van der Waals surface area contributed by atoms with E-state index in [0.717, 1.165) is 25.6 Å². The maximum Gasteiger partial charge on any atom is 0.343 e. The molecule has 0 N–H and O–H groups in total. The number of hydrogen-bond acceptors (Lipinski definition) is 4. The molecule has 0 aliphatic heterocycles. The summed E-state index contributed by atoms with van der Waals surface area (Å²) in [5.41, 5.74) is 0.147. The minimum atomic E-state index is -0.647. The molecule has 6 heteroatoms. The van der Waals surface area contributed by atoms with Crippen LogP contribution in [0.2, 0.25) is 0 Å². The van der Waals surface area contributed by atoms with E-state index in [1.165, 1.54) is 18.3 Å². The van der Waals surface area contributed by atoms with Crippen LogP contribution in [0, 0.1) is 11.7 Å². The van der Waals surface area contributed by atoms with Crippen molar-refractivity contribution in [2.75, 3.05) is 6.61 Å². The molecule has 2 heterocycles. The van der Waals surface area contributed by atoms with Gasteiger partial charge in [0.25, 0.3) is 0 Å². The second kappa shape index (κ2) is 6.32. The van der Waals surface area contributed by atoms with Crippen LogP contribution in [0.4, 0.5) is 4.39 Å². The van der Waals surface area contributed by atoms with Gasteiger partial charge in [-0.1, -0.05) is 0 Å². The predicted octanol–water partition coefficient (Wildman–Crippen LogP) is 2.64. The summed E-state index contributed by atoms with van der Waals surface area (Å²) in [5, 5.41) is 0. The van der Waals surface area contributed by atoms with Crippen molar-refractivity contribution >= 4 is 5.97 Å². The number of rotatable bonds is 5. The average molecular weight is 316 g/mol. The smallest absolute Gasteiger partial charge is 0.343 e. The second-order valence-corrected chi connectivity index (χ2v) is 5.64. The monoisotopic (exact) mass is 316 g/mol. The molecule has 0 aromatic carbocycles. The Morgan fingerprint density at radius 1 is 1.39 bits per heavy atom. The largest absolute Gasteiger partial charge is 0.462 e. The predicted molar refractivity (Wildman–Crippen MR) is 82.6 cm³/mol. The van der Waals surface area contributed by atoms with Gasteiger partial charge in [0.15, 0.2) is 0 Å². The molecule has 0 atom stereocenters. The van der Waals surface area contributed by atoms with Crippen LogP contribution in [0.5, 0.6) is 0 Å². The summed E-state index contributed by atoms with van der Waals surface area (Å²) in [7, 11) is 0. The molecule has 2 aromatic rings. The van der Waals surface area contributed by atoms with E-state index in [0.29, 0.717) is 11.6 Å². The molecule has 5 nitrogen and oxygen atoms in total. The number of ether oxygens (including phenoxy) is 1. The van der Waals surface area contributed by atoms with E-state index in [9.17, 15) is 14.0 Å². The number of carbonyl (C=O) groups excluding carboxylic acids is 1. The standard InChI is InChI=1S/C17H17FN2O3/c1-2-23-17(22)14-10-20(8-11-3-4-11)9-13(16(14)21)15-6-5-12(18)7-19-15/h5-7,9-11H,2-4,8H2,1H3. The quantitative estimate of drug-likeness (QED) is 0.796. The highest BCUT2D eigenvalue weighted by Crippen LogP contribution is 2.30. The van der Waals surface area contributed by atoms with Crippen LogP contribution in [-0.2, 0) is 11.3 Å². The Balaban J connectivity index is 2.08. The van der Waals surface area contributed by atoms with Crippen LogP contribution in [0.3, 0.4) is 0 Å². The maximum absolute atomic E-state index is 13.1. The van der Waals surface area contributed by atoms with Crippen molar-refractivity contribution in [1.29, 1.82) is 0 Å². The molecular weight excluding hydrogens is 299 g/mol. The topological polar surface area (TPSA) is 61.2 Å². The molecule has 0 spiro atoms. The molecule has 1 fully saturated rings. The Morgan fingerprint density at radius 2 is 2.17 bits per heavy atom. The van der Waals surface area contributed by atoms with Crippen molar-refractivity contribution in [2.45, 2.75) is 26.3 Å². The van der Waals surface area contributed by atoms with Crippen LogP contribution in [0.1, 0.15) is 30.1 Å². The zero-order valence-corrected chi connectivity index (χ0v) is 12.8. The minimum absolute atomic E-state index is 0.0175. The molecule has 1 saturated carbocycles. The molecule has 0 unspecified atom stereocenters. The molecule has 0 bridgehead atoms. The average Bonchev–Trinajstić information content (AvgIpc) is 3.34. The summed E-state index contributed by atoms with van der Waals surface area (Å²) >= 11 is 0. The van der Waals surface area contributed by atoms with Gasteiger partial charge in [0.1, 0.15) is 11.4 Å². The first kappa shape index (κ1) is 15.4. The van der Waals surface area contributed by atoms with Gasteiger partial charge in [0.2, 0.25) is 5.43 Å². The van der Waals surface area contributed by atoms with Crippen molar-refractivity contribution in [3.8, 4) is 11.3 Å². The van der Waals surface area contributed by atoms with Gasteiger partial charge < -0.3 is 9.30 Å². The van der Waals surface area contributed by atoms with Crippen molar-refractivity contribution in [3.63, 3.8) is 0 Å². The molecule has 23 heavy (non-hydrogen) atoms. The Bertz CT molecular complexity index is 779. The number of pyridine rings is 2. The van der Waals surface area contributed by atoms with Crippen molar-refractivity contribution in [2.24, 2.45) is 5.92 Å². The van der Waals surface area contributed by atoms with Gasteiger partial charge in [0.05, 0.1) is 24.1 Å². The van der Waals surface area contributed by atoms with E-state index in [1.54, 1.807) is 13.1 Å². The highest BCUT2D eigenvalue weighted by atomic mass is 19.1. The number of esters is 1. The van der Waals surface area contributed by atoms with Gasteiger partial charge in [-0.15, -0.1) is 0 Å². The van der Waals surface area contributed by atoms with Gasteiger partial charge in [-0.3, -0.25) is 9.78 Å². The molecule has 0 saturated heterocycles. The van der Waals surface area contributed by atoms with Gasteiger partial charge in [-0.2, -0.15) is 0 Å². The van der Waals surface area contributed by atoms with Gasteiger partial charge >= 0.3 is 5.97 Å². The lowest BCUT2D eigenvalue weighted by Crippen LogP contribution is -2.22. The van der Waals surface area contributed by atoms with E-state index in [1.807, 2.05) is 4.57 Å². The SMILES string of the molecule is CCOC(=O)c1cn(CC2CC2)cc(-c2ccc(F)cn2)c1=O. The molecule has 0 amide bonds. The first-order chi connectivity index (χ1) is 11.1. The van der Waals surface area contributed by atoms with Gasteiger partial charge in [-0.25, -0.2) is 9.18 Å². The fourth-order valence-corrected chi connectivity index (χ4v) is 2.41. The molecule has 1 aliphatic carbocycles. The van der Waals surface area contributed by atoms with E-state index in [4.69, 9.17) is 4.74 Å². The van der Waals surface area contributed by atoms with E-state index >= 15 is 0 Å². The minimum Gasteiger partial charge on any atom is -0.462 e. The summed E-state index contributed by atoms with van der Waals surface area (Å²) in [6, 6.07) is 2.67. The normalized spacial score (nSPS) is 13.8. The van der Waals surface area contributed by atoms with Crippen LogP contribution in [-0.4, -0.2) is 22.1 Å². The molecule has 1 aliphatic rings. The summed E-state index contributed by atoms with van der Waals surface area (Å²) in [4.78, 5) is 28.6.